The lowest BCUT2D eigenvalue weighted by molar-refractivity contribution is -0.130. The first-order valence-corrected chi connectivity index (χ1v) is 7.87. The van der Waals surface area contributed by atoms with E-state index in [0.29, 0.717) is 35.1 Å². The van der Waals surface area contributed by atoms with Crippen molar-refractivity contribution in [2.45, 2.75) is 19.4 Å². The molecule has 0 unspecified atom stereocenters. The van der Waals surface area contributed by atoms with Gasteiger partial charge in [0.2, 0.25) is 5.91 Å². The lowest BCUT2D eigenvalue weighted by atomic mass is 10.1. The van der Waals surface area contributed by atoms with E-state index >= 15 is 0 Å². The average Bonchev–Trinajstić information content (AvgIpc) is 3.05. The first kappa shape index (κ1) is 16.3. The third-order valence-corrected chi connectivity index (χ3v) is 3.93. The van der Waals surface area contributed by atoms with Crippen molar-refractivity contribution in [1.82, 2.24) is 10.3 Å². The largest absolute Gasteiger partial charge is 0.459 e. The van der Waals surface area contributed by atoms with Crippen LogP contribution in [0.3, 0.4) is 0 Å². The second-order valence-electron chi connectivity index (χ2n) is 5.42. The van der Waals surface area contributed by atoms with Gasteiger partial charge in [0.25, 0.3) is 5.91 Å². The summed E-state index contributed by atoms with van der Waals surface area (Å²) in [7, 11) is 1.54. The molecule has 0 aliphatic carbocycles. The van der Waals surface area contributed by atoms with E-state index in [2.05, 4.69) is 10.4 Å². The van der Waals surface area contributed by atoms with Crippen molar-refractivity contribution in [1.29, 1.82) is 0 Å². The highest BCUT2D eigenvalue weighted by Gasteiger charge is 2.21. The molecule has 0 saturated carbocycles. The highest BCUT2D eigenvalue weighted by Crippen LogP contribution is 2.23. The third kappa shape index (κ3) is 3.65. The van der Waals surface area contributed by atoms with Crippen molar-refractivity contribution in [3.8, 4) is 11.3 Å². The number of nitrogens with zero attached hydrogens (tertiary/aromatic N) is 2. The minimum Gasteiger partial charge on any atom is -0.459 e. The van der Waals surface area contributed by atoms with Gasteiger partial charge in [-0.1, -0.05) is 11.6 Å². The molecular formula is C17H16ClN3O3. The summed E-state index contributed by atoms with van der Waals surface area (Å²) < 4.78 is 5.72. The van der Waals surface area contributed by atoms with Gasteiger partial charge in [-0.25, -0.2) is 5.01 Å². The van der Waals surface area contributed by atoms with E-state index in [1.54, 1.807) is 19.2 Å². The summed E-state index contributed by atoms with van der Waals surface area (Å²) >= 11 is 5.87. The lowest BCUT2D eigenvalue weighted by Gasteiger charge is -2.18. The maximum atomic E-state index is 12.1. The Balaban J connectivity index is 1.61. The standard InChI is InChI=1S/C17H16ClN3O3/c1-21-16(22)9-7-14(20-21)17(23)19-10-13-6-8-15(24-13)11-2-4-12(18)5-3-11/h2-6,8H,7,9-10H2,1H3,(H,19,23). The molecule has 0 atom stereocenters. The van der Waals surface area contributed by atoms with Crippen molar-refractivity contribution < 1.29 is 14.0 Å². The van der Waals surface area contributed by atoms with Crippen LogP contribution in [-0.4, -0.2) is 29.6 Å². The van der Waals surface area contributed by atoms with Crippen molar-refractivity contribution in [3.63, 3.8) is 0 Å². The van der Waals surface area contributed by atoms with Crippen LogP contribution in [0.4, 0.5) is 0 Å². The molecule has 24 heavy (non-hydrogen) atoms. The van der Waals surface area contributed by atoms with Gasteiger partial charge in [-0.15, -0.1) is 0 Å². The van der Waals surface area contributed by atoms with Gasteiger partial charge in [-0.2, -0.15) is 5.10 Å². The molecule has 6 nitrogen and oxygen atoms in total. The number of hydrogen-bond acceptors (Lipinski definition) is 4. The Morgan fingerprint density at radius 3 is 2.71 bits per heavy atom. The summed E-state index contributed by atoms with van der Waals surface area (Å²) in [6.45, 7) is 0.253. The van der Waals surface area contributed by atoms with Crippen LogP contribution in [0.25, 0.3) is 11.3 Å². The van der Waals surface area contributed by atoms with E-state index in [9.17, 15) is 9.59 Å². The number of hydrazone groups is 1. The van der Waals surface area contributed by atoms with E-state index in [4.69, 9.17) is 16.0 Å². The van der Waals surface area contributed by atoms with Crippen LogP contribution in [0.2, 0.25) is 5.02 Å². The summed E-state index contributed by atoms with van der Waals surface area (Å²) in [5.74, 6) is 0.953. The van der Waals surface area contributed by atoms with Crippen LogP contribution in [0.15, 0.2) is 45.9 Å². The van der Waals surface area contributed by atoms with Crippen molar-refractivity contribution in [3.05, 3.63) is 47.2 Å². The van der Waals surface area contributed by atoms with Crippen LogP contribution in [0.5, 0.6) is 0 Å². The molecule has 7 heteroatoms. The monoisotopic (exact) mass is 345 g/mol. The number of carbonyl (C=O) groups excluding carboxylic acids is 2. The highest BCUT2D eigenvalue weighted by atomic mass is 35.5. The Labute approximate surface area is 144 Å². The molecule has 0 fully saturated rings. The van der Waals surface area contributed by atoms with Crippen LogP contribution >= 0.6 is 11.6 Å². The Morgan fingerprint density at radius 2 is 2.00 bits per heavy atom. The minimum absolute atomic E-state index is 0.0924. The van der Waals surface area contributed by atoms with Crippen LogP contribution in [-0.2, 0) is 16.1 Å². The van der Waals surface area contributed by atoms with Crippen LogP contribution in [0.1, 0.15) is 18.6 Å². The molecule has 0 spiro atoms. The Bertz CT molecular complexity index is 796. The van der Waals surface area contributed by atoms with Crippen molar-refractivity contribution >= 4 is 29.1 Å². The van der Waals surface area contributed by atoms with Gasteiger partial charge < -0.3 is 9.73 Å². The lowest BCUT2D eigenvalue weighted by Crippen LogP contribution is -2.37. The van der Waals surface area contributed by atoms with E-state index < -0.39 is 0 Å². The molecule has 2 aromatic rings. The van der Waals surface area contributed by atoms with E-state index in [0.717, 1.165) is 5.56 Å². The fourth-order valence-electron chi connectivity index (χ4n) is 2.34. The molecule has 1 aromatic heterocycles. The number of rotatable bonds is 4. The van der Waals surface area contributed by atoms with E-state index in [1.165, 1.54) is 5.01 Å². The van der Waals surface area contributed by atoms with E-state index in [-0.39, 0.29) is 18.4 Å². The number of benzene rings is 1. The predicted octanol–water partition coefficient (Wildman–Crippen LogP) is 2.82. The number of carbonyl (C=O) groups is 2. The summed E-state index contributed by atoms with van der Waals surface area (Å²) in [6.07, 6.45) is 0.646. The van der Waals surface area contributed by atoms with Crippen LogP contribution < -0.4 is 5.32 Å². The Hall–Kier alpha value is -2.60. The summed E-state index contributed by atoms with van der Waals surface area (Å²) in [5, 5.41) is 8.60. The normalized spacial score (nSPS) is 14.5. The summed E-state index contributed by atoms with van der Waals surface area (Å²) in [5.41, 5.74) is 1.26. The Morgan fingerprint density at radius 1 is 1.25 bits per heavy atom. The maximum absolute atomic E-state index is 12.1. The highest BCUT2D eigenvalue weighted by molar-refractivity contribution is 6.39. The average molecular weight is 346 g/mol. The third-order valence-electron chi connectivity index (χ3n) is 3.68. The molecular weight excluding hydrogens is 330 g/mol. The molecule has 3 rings (SSSR count). The molecule has 1 N–H and O–H groups in total. The molecule has 0 saturated heterocycles. The SMILES string of the molecule is CN1N=C(C(=O)NCc2ccc(-c3ccc(Cl)cc3)o2)CCC1=O. The van der Waals surface area contributed by atoms with Gasteiger partial charge in [-0.3, -0.25) is 9.59 Å². The zero-order chi connectivity index (χ0) is 17.1. The summed E-state index contributed by atoms with van der Waals surface area (Å²) in [6, 6.07) is 11.0. The number of hydrogen-bond donors (Lipinski definition) is 1. The second kappa shape index (κ2) is 6.88. The van der Waals surface area contributed by atoms with Crippen molar-refractivity contribution in [2.75, 3.05) is 7.05 Å². The molecule has 0 bridgehead atoms. The molecule has 0 radical (unpaired) electrons. The molecule has 124 valence electrons. The number of furan rings is 1. The maximum Gasteiger partial charge on any atom is 0.267 e. The Kier molecular flexibility index (Phi) is 4.66. The van der Waals surface area contributed by atoms with Crippen molar-refractivity contribution in [2.24, 2.45) is 5.10 Å². The van der Waals surface area contributed by atoms with E-state index in [1.807, 2.05) is 24.3 Å². The van der Waals surface area contributed by atoms with Gasteiger partial charge in [0, 0.05) is 30.5 Å². The fraction of sp³-hybridized carbons (Fsp3) is 0.235. The smallest absolute Gasteiger partial charge is 0.267 e. The zero-order valence-electron chi connectivity index (χ0n) is 13.1. The van der Waals surface area contributed by atoms with Gasteiger partial charge in [0.1, 0.15) is 17.2 Å². The van der Waals surface area contributed by atoms with Crippen LogP contribution in [0, 0.1) is 0 Å². The van der Waals surface area contributed by atoms with Gasteiger partial charge >= 0.3 is 0 Å². The number of nitrogens with one attached hydrogen (secondary N) is 1. The zero-order valence-corrected chi connectivity index (χ0v) is 13.8. The van der Waals surface area contributed by atoms with Gasteiger partial charge in [-0.05, 0) is 36.4 Å². The topological polar surface area (TPSA) is 74.9 Å². The summed E-state index contributed by atoms with van der Waals surface area (Å²) in [4.78, 5) is 23.5. The molecule has 2 heterocycles. The number of amides is 2. The molecule has 2 amide bonds. The molecule has 1 aliphatic heterocycles. The second-order valence-corrected chi connectivity index (χ2v) is 5.86. The predicted molar refractivity (Wildman–Crippen MR) is 90.4 cm³/mol. The quantitative estimate of drug-likeness (QED) is 0.925. The fourth-order valence-corrected chi connectivity index (χ4v) is 2.47. The number of halogens is 1. The molecule has 1 aromatic carbocycles. The first-order chi connectivity index (χ1) is 11.5. The minimum atomic E-state index is -0.293. The molecule has 1 aliphatic rings. The first-order valence-electron chi connectivity index (χ1n) is 7.50. The van der Waals surface area contributed by atoms with Gasteiger partial charge in [0.15, 0.2) is 0 Å². The van der Waals surface area contributed by atoms with Gasteiger partial charge in [0.05, 0.1) is 6.54 Å².